The van der Waals surface area contributed by atoms with Gasteiger partial charge in [0.1, 0.15) is 0 Å². The van der Waals surface area contributed by atoms with Gasteiger partial charge in [0.25, 0.3) is 0 Å². The monoisotopic (exact) mass is 191 g/mol. The first-order chi connectivity index (χ1) is 5.66. The molecule has 72 valence electrons. The molecule has 0 aliphatic heterocycles. The smallest absolute Gasteiger partial charge is 0.220 e. The number of rotatable bonds is 6. The van der Waals surface area contributed by atoms with Crippen LogP contribution in [0.3, 0.4) is 0 Å². The van der Waals surface area contributed by atoms with Gasteiger partial charge in [-0.05, 0) is 19.6 Å². The standard InChI is InChI=1S/C8H17NO2S/c1-7(10)3-4-8(11)9-5-6-12-2/h7,10H,3-6H2,1-2H3,(H,9,11). The van der Waals surface area contributed by atoms with Gasteiger partial charge in [-0.15, -0.1) is 0 Å². The minimum Gasteiger partial charge on any atom is -0.393 e. The molecule has 0 saturated carbocycles. The number of hydrogen-bond acceptors (Lipinski definition) is 3. The Bertz CT molecular complexity index is 128. The van der Waals surface area contributed by atoms with E-state index >= 15 is 0 Å². The first kappa shape index (κ1) is 11.8. The van der Waals surface area contributed by atoms with Crippen molar-refractivity contribution in [2.24, 2.45) is 0 Å². The number of nitrogens with one attached hydrogen (secondary N) is 1. The van der Waals surface area contributed by atoms with E-state index in [-0.39, 0.29) is 12.0 Å². The van der Waals surface area contributed by atoms with Gasteiger partial charge in [0.2, 0.25) is 5.91 Å². The zero-order valence-electron chi connectivity index (χ0n) is 7.67. The van der Waals surface area contributed by atoms with Gasteiger partial charge in [0, 0.05) is 18.7 Å². The number of carbonyl (C=O) groups is 1. The van der Waals surface area contributed by atoms with E-state index in [1.807, 2.05) is 6.26 Å². The lowest BCUT2D eigenvalue weighted by Crippen LogP contribution is -2.26. The Labute approximate surface area is 77.9 Å². The Morgan fingerprint density at radius 1 is 1.67 bits per heavy atom. The van der Waals surface area contributed by atoms with Crippen LogP contribution in [-0.2, 0) is 4.79 Å². The van der Waals surface area contributed by atoms with Crippen LogP contribution in [0.2, 0.25) is 0 Å². The van der Waals surface area contributed by atoms with Crippen molar-refractivity contribution >= 4 is 17.7 Å². The van der Waals surface area contributed by atoms with E-state index in [9.17, 15) is 4.79 Å². The molecular formula is C8H17NO2S. The van der Waals surface area contributed by atoms with Gasteiger partial charge < -0.3 is 10.4 Å². The first-order valence-corrected chi connectivity index (χ1v) is 5.50. The Kier molecular flexibility index (Phi) is 7.29. The normalized spacial score (nSPS) is 12.6. The fraction of sp³-hybridized carbons (Fsp3) is 0.875. The molecular weight excluding hydrogens is 174 g/mol. The third kappa shape index (κ3) is 7.88. The van der Waals surface area contributed by atoms with Crippen LogP contribution in [0.1, 0.15) is 19.8 Å². The number of aliphatic hydroxyl groups excluding tert-OH is 1. The minimum absolute atomic E-state index is 0.0324. The van der Waals surface area contributed by atoms with E-state index in [0.29, 0.717) is 12.8 Å². The summed E-state index contributed by atoms with van der Waals surface area (Å²) >= 11 is 1.70. The van der Waals surface area contributed by atoms with Crippen LogP contribution >= 0.6 is 11.8 Å². The molecule has 4 heteroatoms. The maximum Gasteiger partial charge on any atom is 0.220 e. The van der Waals surface area contributed by atoms with Gasteiger partial charge in [0.05, 0.1) is 6.10 Å². The van der Waals surface area contributed by atoms with Crippen molar-refractivity contribution < 1.29 is 9.90 Å². The number of amides is 1. The van der Waals surface area contributed by atoms with Crippen molar-refractivity contribution in [3.63, 3.8) is 0 Å². The molecule has 3 nitrogen and oxygen atoms in total. The van der Waals surface area contributed by atoms with Crippen LogP contribution in [0.5, 0.6) is 0 Å². The summed E-state index contributed by atoms with van der Waals surface area (Å²) in [4.78, 5) is 11.0. The second kappa shape index (κ2) is 7.43. The lowest BCUT2D eigenvalue weighted by molar-refractivity contribution is -0.121. The van der Waals surface area contributed by atoms with Gasteiger partial charge in [-0.2, -0.15) is 11.8 Å². The van der Waals surface area contributed by atoms with Gasteiger partial charge in [-0.3, -0.25) is 4.79 Å². The highest BCUT2D eigenvalue weighted by Crippen LogP contribution is 1.95. The second-order valence-electron chi connectivity index (χ2n) is 2.73. The van der Waals surface area contributed by atoms with E-state index in [0.717, 1.165) is 12.3 Å². The van der Waals surface area contributed by atoms with Crippen molar-refractivity contribution in [2.45, 2.75) is 25.9 Å². The second-order valence-corrected chi connectivity index (χ2v) is 3.72. The van der Waals surface area contributed by atoms with Crippen LogP contribution in [0.4, 0.5) is 0 Å². The number of hydrogen-bond donors (Lipinski definition) is 2. The van der Waals surface area contributed by atoms with Crippen molar-refractivity contribution in [1.82, 2.24) is 5.32 Å². The third-order valence-corrected chi connectivity index (χ3v) is 2.03. The molecule has 12 heavy (non-hydrogen) atoms. The predicted molar refractivity (Wildman–Crippen MR) is 52.3 cm³/mol. The summed E-state index contributed by atoms with van der Waals surface area (Å²) < 4.78 is 0. The molecule has 0 aromatic heterocycles. The van der Waals surface area contributed by atoms with Crippen LogP contribution in [0, 0.1) is 0 Å². The van der Waals surface area contributed by atoms with Crippen molar-refractivity contribution in [3.05, 3.63) is 0 Å². The first-order valence-electron chi connectivity index (χ1n) is 4.10. The molecule has 0 spiro atoms. The minimum atomic E-state index is -0.378. The summed E-state index contributed by atoms with van der Waals surface area (Å²) in [5.41, 5.74) is 0. The van der Waals surface area contributed by atoms with E-state index in [1.165, 1.54) is 0 Å². The quantitative estimate of drug-likeness (QED) is 0.605. The molecule has 0 aromatic rings. The molecule has 0 radical (unpaired) electrons. The fourth-order valence-corrected chi connectivity index (χ4v) is 1.03. The fourth-order valence-electron chi connectivity index (χ4n) is 0.721. The van der Waals surface area contributed by atoms with E-state index in [1.54, 1.807) is 18.7 Å². The summed E-state index contributed by atoms with van der Waals surface area (Å²) in [7, 11) is 0. The van der Waals surface area contributed by atoms with Gasteiger partial charge >= 0.3 is 0 Å². The van der Waals surface area contributed by atoms with Crippen molar-refractivity contribution in [3.8, 4) is 0 Å². The summed E-state index contributed by atoms with van der Waals surface area (Å²) in [6.07, 6.45) is 2.59. The molecule has 1 atom stereocenters. The molecule has 2 N–H and O–H groups in total. The predicted octanol–water partition coefficient (Wildman–Crippen LogP) is 0.627. The summed E-state index contributed by atoms with van der Waals surface area (Å²) in [5.74, 6) is 0.977. The molecule has 0 saturated heterocycles. The van der Waals surface area contributed by atoms with E-state index < -0.39 is 0 Å². The van der Waals surface area contributed by atoms with Crippen LogP contribution in [0.15, 0.2) is 0 Å². The molecule has 0 aromatic carbocycles. The number of aliphatic hydroxyl groups is 1. The van der Waals surface area contributed by atoms with Crippen molar-refractivity contribution in [1.29, 1.82) is 0 Å². The Balaban J connectivity index is 3.22. The topological polar surface area (TPSA) is 49.3 Å². The summed E-state index contributed by atoms with van der Waals surface area (Å²) in [5, 5.41) is 11.7. The van der Waals surface area contributed by atoms with Gasteiger partial charge in [0.15, 0.2) is 0 Å². The van der Waals surface area contributed by atoms with Crippen LogP contribution < -0.4 is 5.32 Å². The lowest BCUT2D eigenvalue weighted by atomic mass is 10.2. The molecule has 1 unspecified atom stereocenters. The zero-order chi connectivity index (χ0) is 9.40. The molecule has 1 amide bonds. The van der Waals surface area contributed by atoms with E-state index in [4.69, 9.17) is 5.11 Å². The molecule has 0 bridgehead atoms. The van der Waals surface area contributed by atoms with Gasteiger partial charge in [-0.25, -0.2) is 0 Å². The van der Waals surface area contributed by atoms with E-state index in [2.05, 4.69) is 5.32 Å². The SMILES string of the molecule is CSCCNC(=O)CCC(C)O. The third-order valence-electron chi connectivity index (χ3n) is 1.42. The average molecular weight is 191 g/mol. The zero-order valence-corrected chi connectivity index (χ0v) is 8.49. The number of carbonyl (C=O) groups excluding carboxylic acids is 1. The maximum atomic E-state index is 11.0. The molecule has 0 aliphatic carbocycles. The Hall–Kier alpha value is -0.220. The molecule has 0 rings (SSSR count). The Morgan fingerprint density at radius 3 is 2.83 bits per heavy atom. The van der Waals surface area contributed by atoms with Gasteiger partial charge in [-0.1, -0.05) is 0 Å². The number of thioether (sulfide) groups is 1. The maximum absolute atomic E-state index is 11.0. The molecule has 0 heterocycles. The Morgan fingerprint density at radius 2 is 2.33 bits per heavy atom. The van der Waals surface area contributed by atoms with Crippen molar-refractivity contribution in [2.75, 3.05) is 18.6 Å². The highest BCUT2D eigenvalue weighted by Gasteiger charge is 2.02. The molecule has 0 fully saturated rings. The highest BCUT2D eigenvalue weighted by molar-refractivity contribution is 7.98. The van der Waals surface area contributed by atoms with Crippen LogP contribution in [0.25, 0.3) is 0 Å². The highest BCUT2D eigenvalue weighted by atomic mass is 32.2. The average Bonchev–Trinajstić information content (AvgIpc) is 2.01. The summed E-state index contributed by atoms with van der Waals surface area (Å²) in [6.45, 7) is 2.41. The van der Waals surface area contributed by atoms with Crippen LogP contribution in [-0.4, -0.2) is 35.7 Å². The molecule has 0 aliphatic rings. The summed E-state index contributed by atoms with van der Waals surface area (Å²) in [6, 6.07) is 0. The lowest BCUT2D eigenvalue weighted by Gasteiger charge is -2.04. The largest absolute Gasteiger partial charge is 0.393 e.